The zero-order chi connectivity index (χ0) is 22.4. The lowest BCUT2D eigenvalue weighted by Crippen LogP contribution is -2.47. The maximum atomic E-state index is 13.1. The van der Waals surface area contributed by atoms with Gasteiger partial charge < -0.3 is 15.0 Å². The summed E-state index contributed by atoms with van der Waals surface area (Å²) in [5, 5.41) is 17.1. The minimum absolute atomic E-state index is 0.0835. The molecule has 0 aliphatic carbocycles. The molecule has 0 spiro atoms. The summed E-state index contributed by atoms with van der Waals surface area (Å²) in [7, 11) is 1.58. The molecule has 0 saturated carbocycles. The Morgan fingerprint density at radius 2 is 2.03 bits per heavy atom. The molecule has 0 aliphatic heterocycles. The maximum Gasteiger partial charge on any atom is 0.247 e. The van der Waals surface area contributed by atoms with Crippen LogP contribution in [0.4, 0.5) is 0 Å². The number of ether oxygens (including phenoxy) is 1. The van der Waals surface area contributed by atoms with E-state index in [0.717, 1.165) is 10.4 Å². The number of carbonyl (C=O) groups excluding carboxylic acids is 2. The second-order valence-corrected chi connectivity index (χ2v) is 8.97. The van der Waals surface area contributed by atoms with E-state index in [0.29, 0.717) is 11.6 Å². The Kier molecular flexibility index (Phi) is 7.01. The number of aromatic nitrogens is 4. The summed E-state index contributed by atoms with van der Waals surface area (Å²) >= 11 is 1.49. The van der Waals surface area contributed by atoms with Crippen molar-refractivity contribution in [1.29, 1.82) is 0 Å². The molecule has 2 heterocycles. The van der Waals surface area contributed by atoms with Gasteiger partial charge in [-0.25, -0.2) is 0 Å². The summed E-state index contributed by atoms with van der Waals surface area (Å²) in [5.41, 5.74) is 0.451. The van der Waals surface area contributed by atoms with E-state index in [4.69, 9.17) is 4.74 Å². The summed E-state index contributed by atoms with van der Waals surface area (Å²) in [6.07, 6.45) is 0. The molecule has 0 fully saturated rings. The molecular weight excluding hydrogens is 416 g/mol. The van der Waals surface area contributed by atoms with E-state index < -0.39 is 5.54 Å². The van der Waals surface area contributed by atoms with Gasteiger partial charge in [0.1, 0.15) is 12.3 Å². The second-order valence-electron chi connectivity index (χ2n) is 8.02. The van der Waals surface area contributed by atoms with Crippen molar-refractivity contribution in [3.63, 3.8) is 0 Å². The predicted octanol–water partition coefficient (Wildman–Crippen LogP) is 2.35. The molecule has 0 saturated heterocycles. The lowest BCUT2D eigenvalue weighted by atomic mass is 10.1. The smallest absolute Gasteiger partial charge is 0.247 e. The minimum atomic E-state index is -0.398. The number of carbonyl (C=O) groups is 2. The first kappa shape index (κ1) is 22.4. The summed E-state index contributed by atoms with van der Waals surface area (Å²) in [5.74, 6) is 0.617. The minimum Gasteiger partial charge on any atom is -0.497 e. The first-order valence-electron chi connectivity index (χ1n) is 9.77. The average molecular weight is 443 g/mol. The Labute approximate surface area is 185 Å². The standard InChI is InChI=1S/C21H26N6O3S/c1-21(2,3)22-18(28)13-26(12-15-7-5-8-16(11-15)30-4)19(29)14-27-24-20(23-25-27)17-9-6-10-31-17/h5-11H,12-14H2,1-4H3,(H,22,28). The first-order valence-corrected chi connectivity index (χ1v) is 10.6. The Morgan fingerprint density at radius 3 is 2.71 bits per heavy atom. The molecule has 0 bridgehead atoms. The highest BCUT2D eigenvalue weighted by molar-refractivity contribution is 7.13. The van der Waals surface area contributed by atoms with Gasteiger partial charge in [-0.1, -0.05) is 18.2 Å². The first-order chi connectivity index (χ1) is 14.7. The Morgan fingerprint density at radius 1 is 1.23 bits per heavy atom. The molecule has 0 unspecified atom stereocenters. The van der Waals surface area contributed by atoms with E-state index in [2.05, 4.69) is 20.7 Å². The van der Waals surface area contributed by atoms with Crippen molar-refractivity contribution in [3.05, 3.63) is 47.3 Å². The van der Waals surface area contributed by atoms with E-state index in [1.807, 2.05) is 62.5 Å². The van der Waals surface area contributed by atoms with Crippen molar-refractivity contribution in [2.24, 2.45) is 0 Å². The fourth-order valence-electron chi connectivity index (χ4n) is 2.89. The van der Waals surface area contributed by atoms with Gasteiger partial charge in [0.15, 0.2) is 0 Å². The Balaban J connectivity index is 1.75. The third-order valence-corrected chi connectivity index (χ3v) is 5.05. The van der Waals surface area contributed by atoms with Crippen LogP contribution in [0.5, 0.6) is 5.75 Å². The molecule has 1 N–H and O–H groups in total. The van der Waals surface area contributed by atoms with Crippen molar-refractivity contribution >= 4 is 23.2 Å². The lowest BCUT2D eigenvalue weighted by Gasteiger charge is -2.26. The number of rotatable bonds is 8. The molecule has 1 aromatic carbocycles. The number of tetrazole rings is 1. The number of nitrogens with one attached hydrogen (secondary N) is 1. The van der Waals surface area contributed by atoms with Gasteiger partial charge in [0, 0.05) is 12.1 Å². The molecule has 9 nitrogen and oxygen atoms in total. The lowest BCUT2D eigenvalue weighted by molar-refractivity contribution is -0.138. The van der Waals surface area contributed by atoms with Gasteiger partial charge in [0.05, 0.1) is 18.5 Å². The van der Waals surface area contributed by atoms with Crippen LogP contribution in [-0.2, 0) is 22.7 Å². The van der Waals surface area contributed by atoms with Crippen LogP contribution >= 0.6 is 11.3 Å². The molecule has 2 amide bonds. The fraction of sp³-hybridized carbons (Fsp3) is 0.381. The molecule has 3 rings (SSSR count). The highest BCUT2D eigenvalue weighted by Gasteiger charge is 2.22. The van der Waals surface area contributed by atoms with E-state index in [1.54, 1.807) is 7.11 Å². The molecule has 10 heteroatoms. The third-order valence-electron chi connectivity index (χ3n) is 4.18. The number of benzene rings is 1. The summed E-state index contributed by atoms with van der Waals surface area (Å²) in [6.45, 7) is 5.73. The molecule has 31 heavy (non-hydrogen) atoms. The van der Waals surface area contributed by atoms with Gasteiger partial charge in [-0.2, -0.15) is 4.80 Å². The zero-order valence-electron chi connectivity index (χ0n) is 18.0. The monoisotopic (exact) mass is 442 g/mol. The van der Waals surface area contributed by atoms with Crippen LogP contribution in [-0.4, -0.2) is 56.1 Å². The van der Waals surface area contributed by atoms with Crippen molar-refractivity contribution in [3.8, 4) is 16.5 Å². The fourth-order valence-corrected chi connectivity index (χ4v) is 3.54. The highest BCUT2D eigenvalue weighted by Crippen LogP contribution is 2.19. The number of thiophene rings is 1. The number of methoxy groups -OCH3 is 1. The molecule has 3 aromatic rings. The summed E-state index contributed by atoms with van der Waals surface area (Å²) in [6, 6.07) is 11.2. The third kappa shape index (κ3) is 6.61. The molecule has 164 valence electrons. The number of amides is 2. The molecule has 0 aliphatic rings. The van der Waals surface area contributed by atoms with Gasteiger partial charge in [0.2, 0.25) is 17.6 Å². The topological polar surface area (TPSA) is 102 Å². The van der Waals surface area contributed by atoms with Crippen LogP contribution in [0.15, 0.2) is 41.8 Å². The van der Waals surface area contributed by atoms with Crippen LogP contribution in [0, 0.1) is 0 Å². The van der Waals surface area contributed by atoms with Crippen molar-refractivity contribution in [2.45, 2.75) is 39.4 Å². The van der Waals surface area contributed by atoms with Crippen LogP contribution < -0.4 is 10.1 Å². The van der Waals surface area contributed by atoms with E-state index in [9.17, 15) is 9.59 Å². The summed E-state index contributed by atoms with van der Waals surface area (Å²) in [4.78, 5) is 29.2. The van der Waals surface area contributed by atoms with Gasteiger partial charge in [0.25, 0.3) is 0 Å². The highest BCUT2D eigenvalue weighted by atomic mass is 32.1. The average Bonchev–Trinajstić information content (AvgIpc) is 3.38. The van der Waals surface area contributed by atoms with E-state index in [1.165, 1.54) is 21.0 Å². The zero-order valence-corrected chi connectivity index (χ0v) is 18.8. The van der Waals surface area contributed by atoms with Crippen LogP contribution in [0.3, 0.4) is 0 Å². The molecule has 0 radical (unpaired) electrons. The molecule has 0 atom stereocenters. The maximum absolute atomic E-state index is 13.1. The van der Waals surface area contributed by atoms with Crippen LogP contribution in [0.25, 0.3) is 10.7 Å². The predicted molar refractivity (Wildman–Crippen MR) is 117 cm³/mol. The van der Waals surface area contributed by atoms with Crippen molar-refractivity contribution in [1.82, 2.24) is 30.4 Å². The number of nitrogens with zero attached hydrogens (tertiary/aromatic N) is 5. The van der Waals surface area contributed by atoms with Gasteiger partial charge in [-0.05, 0) is 55.1 Å². The molecular formula is C21H26N6O3S. The van der Waals surface area contributed by atoms with E-state index >= 15 is 0 Å². The van der Waals surface area contributed by atoms with E-state index in [-0.39, 0.29) is 31.4 Å². The Bertz CT molecular complexity index is 1030. The summed E-state index contributed by atoms with van der Waals surface area (Å²) < 4.78 is 5.26. The molecule has 2 aromatic heterocycles. The number of hydrogen-bond acceptors (Lipinski definition) is 7. The quantitative estimate of drug-likeness (QED) is 0.575. The Hall–Kier alpha value is -3.27. The van der Waals surface area contributed by atoms with Gasteiger partial charge in [-0.15, -0.1) is 21.5 Å². The normalized spacial score (nSPS) is 11.2. The largest absolute Gasteiger partial charge is 0.497 e. The van der Waals surface area contributed by atoms with Crippen LogP contribution in [0.1, 0.15) is 26.3 Å². The van der Waals surface area contributed by atoms with Gasteiger partial charge >= 0.3 is 0 Å². The van der Waals surface area contributed by atoms with Gasteiger partial charge in [-0.3, -0.25) is 9.59 Å². The second kappa shape index (κ2) is 9.69. The number of hydrogen-bond donors (Lipinski definition) is 1. The van der Waals surface area contributed by atoms with Crippen molar-refractivity contribution < 1.29 is 14.3 Å². The van der Waals surface area contributed by atoms with Crippen molar-refractivity contribution in [2.75, 3.05) is 13.7 Å². The van der Waals surface area contributed by atoms with Crippen LogP contribution in [0.2, 0.25) is 0 Å². The SMILES string of the molecule is COc1cccc(CN(CC(=O)NC(C)(C)C)C(=O)Cn2nnc(-c3cccs3)n2)c1.